The third-order valence-electron chi connectivity index (χ3n) is 6.17. The Balaban J connectivity index is 1.36. The van der Waals surface area contributed by atoms with E-state index in [1.165, 1.54) is 0 Å². The van der Waals surface area contributed by atoms with Crippen molar-refractivity contribution >= 4 is 11.9 Å². The lowest BCUT2D eigenvalue weighted by Gasteiger charge is -2.43. The van der Waals surface area contributed by atoms with E-state index in [1.54, 1.807) is 0 Å². The highest BCUT2D eigenvalue weighted by Crippen LogP contribution is 2.37. The fourth-order valence-electron chi connectivity index (χ4n) is 4.39. The molecule has 0 bridgehead atoms. The van der Waals surface area contributed by atoms with Crippen molar-refractivity contribution in [1.82, 2.24) is 25.3 Å². The molecule has 4 rings (SSSR count). The molecule has 1 fully saturated rings. The van der Waals surface area contributed by atoms with Crippen molar-refractivity contribution in [2.24, 2.45) is 7.05 Å². The van der Waals surface area contributed by atoms with Crippen LogP contribution in [0.3, 0.4) is 0 Å². The fraction of sp³-hybridized carbons (Fsp3) is 0.522. The van der Waals surface area contributed by atoms with E-state index in [9.17, 15) is 9.59 Å². The Morgan fingerprint density at radius 3 is 2.58 bits per heavy atom. The summed E-state index contributed by atoms with van der Waals surface area (Å²) >= 11 is 0. The SMILES string of the molecule is CC(C)NC(=O)c1nn(C)c2c1COC1(CCN(C(=O)NCc3ccccc3)CC1)C2. The van der Waals surface area contributed by atoms with Crippen molar-refractivity contribution in [3.63, 3.8) is 0 Å². The predicted molar refractivity (Wildman–Crippen MR) is 117 cm³/mol. The number of likely N-dealkylation sites (tertiary alicyclic amines) is 1. The highest BCUT2D eigenvalue weighted by molar-refractivity contribution is 5.94. The highest BCUT2D eigenvalue weighted by Gasteiger charge is 2.42. The monoisotopic (exact) mass is 425 g/mol. The first-order chi connectivity index (χ1) is 14.9. The van der Waals surface area contributed by atoms with E-state index in [0.717, 1.165) is 29.7 Å². The first-order valence-corrected chi connectivity index (χ1v) is 10.9. The molecule has 2 aromatic rings. The van der Waals surface area contributed by atoms with Crippen LogP contribution in [-0.4, -0.2) is 51.4 Å². The van der Waals surface area contributed by atoms with E-state index in [4.69, 9.17) is 4.74 Å². The van der Waals surface area contributed by atoms with Gasteiger partial charge in [-0.3, -0.25) is 9.48 Å². The van der Waals surface area contributed by atoms with Crippen LogP contribution in [0.4, 0.5) is 4.79 Å². The Morgan fingerprint density at radius 2 is 1.90 bits per heavy atom. The second kappa shape index (κ2) is 8.70. The van der Waals surface area contributed by atoms with Gasteiger partial charge in [-0.05, 0) is 32.3 Å². The maximum atomic E-state index is 12.6. The smallest absolute Gasteiger partial charge is 0.317 e. The molecule has 2 aliphatic heterocycles. The fourth-order valence-corrected chi connectivity index (χ4v) is 4.39. The summed E-state index contributed by atoms with van der Waals surface area (Å²) in [5.41, 5.74) is 3.18. The Morgan fingerprint density at radius 1 is 1.19 bits per heavy atom. The summed E-state index contributed by atoms with van der Waals surface area (Å²) in [4.78, 5) is 26.9. The van der Waals surface area contributed by atoms with Gasteiger partial charge in [-0.25, -0.2) is 4.79 Å². The van der Waals surface area contributed by atoms with Crippen LogP contribution in [-0.2, 0) is 31.4 Å². The number of carbonyl (C=O) groups is 2. The summed E-state index contributed by atoms with van der Waals surface area (Å²) in [6.45, 7) is 6.07. The zero-order valence-electron chi connectivity index (χ0n) is 18.5. The molecule has 2 aliphatic rings. The molecule has 8 nitrogen and oxygen atoms in total. The quantitative estimate of drug-likeness (QED) is 0.787. The number of fused-ring (bicyclic) bond motifs is 1. The molecule has 1 aromatic carbocycles. The molecule has 1 spiro atoms. The summed E-state index contributed by atoms with van der Waals surface area (Å²) in [6.07, 6.45) is 2.24. The lowest BCUT2D eigenvalue weighted by Crippen LogP contribution is -2.52. The minimum atomic E-state index is -0.303. The standard InChI is InChI=1S/C23H31N5O3/c1-16(2)25-21(29)20-18-15-31-23(13-19(18)27(3)26-20)9-11-28(12-10-23)22(30)24-14-17-7-5-4-6-8-17/h4-8,16H,9-15H2,1-3H3,(H,24,30)(H,25,29). The van der Waals surface area contributed by atoms with Crippen molar-refractivity contribution in [1.29, 1.82) is 0 Å². The van der Waals surface area contributed by atoms with Crippen LogP contribution in [0, 0.1) is 0 Å². The van der Waals surface area contributed by atoms with Gasteiger partial charge in [0.15, 0.2) is 5.69 Å². The van der Waals surface area contributed by atoms with Crippen molar-refractivity contribution < 1.29 is 14.3 Å². The second-order valence-electron chi connectivity index (χ2n) is 8.81. The average Bonchev–Trinajstić information content (AvgIpc) is 3.08. The molecule has 31 heavy (non-hydrogen) atoms. The van der Waals surface area contributed by atoms with Gasteiger partial charge in [-0.15, -0.1) is 0 Å². The van der Waals surface area contributed by atoms with E-state index >= 15 is 0 Å². The minimum Gasteiger partial charge on any atom is -0.370 e. The Bertz CT molecular complexity index is 946. The molecular formula is C23H31N5O3. The number of nitrogens with zero attached hydrogens (tertiary/aromatic N) is 3. The number of amides is 3. The zero-order chi connectivity index (χ0) is 22.0. The molecule has 3 amide bonds. The Kier molecular flexibility index (Phi) is 6.00. The van der Waals surface area contributed by atoms with Gasteiger partial charge in [0, 0.05) is 50.4 Å². The highest BCUT2D eigenvalue weighted by atomic mass is 16.5. The number of nitrogens with one attached hydrogen (secondary N) is 2. The van der Waals surface area contributed by atoms with Crippen LogP contribution < -0.4 is 10.6 Å². The average molecular weight is 426 g/mol. The molecule has 0 saturated carbocycles. The van der Waals surface area contributed by atoms with Gasteiger partial charge >= 0.3 is 6.03 Å². The summed E-state index contributed by atoms with van der Waals surface area (Å²) in [6, 6.07) is 9.92. The van der Waals surface area contributed by atoms with Crippen molar-refractivity contribution in [3.8, 4) is 0 Å². The van der Waals surface area contributed by atoms with Gasteiger partial charge in [-0.1, -0.05) is 30.3 Å². The topological polar surface area (TPSA) is 88.5 Å². The molecule has 2 N–H and O–H groups in total. The van der Waals surface area contributed by atoms with E-state index in [0.29, 0.717) is 38.4 Å². The van der Waals surface area contributed by atoms with E-state index in [2.05, 4.69) is 15.7 Å². The molecule has 1 saturated heterocycles. The lowest BCUT2D eigenvalue weighted by molar-refractivity contribution is -0.0982. The summed E-state index contributed by atoms with van der Waals surface area (Å²) in [5, 5.41) is 10.4. The zero-order valence-corrected chi connectivity index (χ0v) is 18.5. The van der Waals surface area contributed by atoms with Gasteiger partial charge in [-0.2, -0.15) is 5.10 Å². The molecule has 0 unspecified atom stereocenters. The lowest BCUT2D eigenvalue weighted by atomic mass is 9.83. The molecule has 0 atom stereocenters. The number of ether oxygens (including phenoxy) is 1. The number of aryl methyl sites for hydroxylation is 1. The van der Waals surface area contributed by atoms with Gasteiger partial charge in [0.2, 0.25) is 0 Å². The van der Waals surface area contributed by atoms with E-state index < -0.39 is 0 Å². The number of hydrogen-bond acceptors (Lipinski definition) is 4. The van der Waals surface area contributed by atoms with Gasteiger partial charge in [0.1, 0.15) is 0 Å². The number of benzene rings is 1. The van der Waals surface area contributed by atoms with Crippen LogP contribution >= 0.6 is 0 Å². The molecule has 8 heteroatoms. The molecule has 1 aromatic heterocycles. The van der Waals surface area contributed by atoms with Crippen LogP contribution in [0.25, 0.3) is 0 Å². The molecule has 0 radical (unpaired) electrons. The van der Waals surface area contributed by atoms with Crippen molar-refractivity contribution in [2.75, 3.05) is 13.1 Å². The molecule has 3 heterocycles. The van der Waals surface area contributed by atoms with Gasteiger partial charge < -0.3 is 20.3 Å². The van der Waals surface area contributed by atoms with Crippen LogP contribution in [0.15, 0.2) is 30.3 Å². The third kappa shape index (κ3) is 4.58. The maximum Gasteiger partial charge on any atom is 0.317 e. The number of piperidine rings is 1. The number of rotatable bonds is 4. The summed E-state index contributed by atoms with van der Waals surface area (Å²) in [5.74, 6) is -0.156. The summed E-state index contributed by atoms with van der Waals surface area (Å²) < 4.78 is 8.12. The largest absolute Gasteiger partial charge is 0.370 e. The number of urea groups is 1. The molecular weight excluding hydrogens is 394 g/mol. The minimum absolute atomic E-state index is 0.0385. The maximum absolute atomic E-state index is 12.6. The first-order valence-electron chi connectivity index (χ1n) is 10.9. The van der Waals surface area contributed by atoms with Gasteiger partial charge in [0.25, 0.3) is 5.91 Å². The van der Waals surface area contributed by atoms with E-state index in [-0.39, 0.29) is 23.6 Å². The molecule has 166 valence electrons. The predicted octanol–water partition coefficient (Wildman–Crippen LogP) is 2.38. The summed E-state index contributed by atoms with van der Waals surface area (Å²) in [7, 11) is 1.89. The number of carbonyl (C=O) groups excluding carboxylic acids is 2. The van der Waals surface area contributed by atoms with E-state index in [1.807, 2.05) is 60.8 Å². The first kappa shape index (κ1) is 21.4. The van der Waals surface area contributed by atoms with Crippen LogP contribution in [0.5, 0.6) is 0 Å². The molecule has 0 aliphatic carbocycles. The number of aromatic nitrogens is 2. The normalized spacial score (nSPS) is 17.5. The number of hydrogen-bond donors (Lipinski definition) is 2. The van der Waals surface area contributed by atoms with Crippen LogP contribution in [0.2, 0.25) is 0 Å². The van der Waals surface area contributed by atoms with Crippen molar-refractivity contribution in [2.45, 2.75) is 57.9 Å². The van der Waals surface area contributed by atoms with Gasteiger partial charge in [0.05, 0.1) is 12.2 Å². The second-order valence-corrected chi connectivity index (χ2v) is 8.81. The third-order valence-corrected chi connectivity index (χ3v) is 6.17. The Hall–Kier alpha value is -2.87. The van der Waals surface area contributed by atoms with Crippen molar-refractivity contribution in [3.05, 3.63) is 52.8 Å². The Labute approximate surface area is 182 Å². The van der Waals surface area contributed by atoms with Crippen LogP contribution in [0.1, 0.15) is 54.0 Å².